The number of nitrogens with one attached hydrogen (secondary N) is 3. The zero-order chi connectivity index (χ0) is 18.2. The Hall–Kier alpha value is -2.20. The van der Waals surface area contributed by atoms with E-state index in [0.29, 0.717) is 11.3 Å². The van der Waals surface area contributed by atoms with Crippen molar-refractivity contribution in [3.8, 4) is 5.75 Å². The van der Waals surface area contributed by atoms with Crippen molar-refractivity contribution in [3.63, 3.8) is 0 Å². The molecule has 0 aliphatic carbocycles. The molecule has 130 valence electrons. The van der Waals surface area contributed by atoms with Gasteiger partial charge in [-0.15, -0.1) is 0 Å². The SMILES string of the molecule is COc1ccc(C(=O)NNC(=S)NC(=O)Cc2ccccc2)cc1I. The minimum Gasteiger partial charge on any atom is -0.496 e. The average Bonchev–Trinajstić information content (AvgIpc) is 2.60. The summed E-state index contributed by atoms with van der Waals surface area (Å²) in [4.78, 5) is 24.0. The molecule has 0 heterocycles. The Morgan fingerprint density at radius 1 is 1.12 bits per heavy atom. The minimum absolute atomic E-state index is 0.0255. The molecule has 2 rings (SSSR count). The second-order valence-electron chi connectivity index (χ2n) is 4.97. The average molecular weight is 469 g/mol. The van der Waals surface area contributed by atoms with Gasteiger partial charge in [-0.3, -0.25) is 20.4 Å². The van der Waals surface area contributed by atoms with E-state index in [1.165, 1.54) is 0 Å². The van der Waals surface area contributed by atoms with Crippen LogP contribution in [0.1, 0.15) is 15.9 Å². The number of halogens is 1. The molecule has 0 unspecified atom stereocenters. The maximum Gasteiger partial charge on any atom is 0.269 e. The summed E-state index contributed by atoms with van der Waals surface area (Å²) in [5.41, 5.74) is 6.27. The number of carbonyl (C=O) groups excluding carboxylic acids is 2. The fourth-order valence-corrected chi connectivity index (χ4v) is 2.88. The molecule has 0 saturated heterocycles. The van der Waals surface area contributed by atoms with E-state index in [9.17, 15) is 9.59 Å². The lowest BCUT2D eigenvalue weighted by atomic mass is 10.1. The molecule has 0 aromatic heterocycles. The minimum atomic E-state index is -0.375. The molecule has 0 aliphatic heterocycles. The summed E-state index contributed by atoms with van der Waals surface area (Å²) in [6, 6.07) is 14.3. The lowest BCUT2D eigenvalue weighted by Gasteiger charge is -2.11. The number of amides is 2. The fourth-order valence-electron chi connectivity index (χ4n) is 1.98. The molecule has 0 fully saturated rings. The number of methoxy groups -OCH3 is 1. The van der Waals surface area contributed by atoms with Gasteiger partial charge in [0.1, 0.15) is 5.75 Å². The number of thiocarbonyl (C=S) groups is 1. The number of hydrazine groups is 1. The summed E-state index contributed by atoms with van der Waals surface area (Å²) in [7, 11) is 1.56. The van der Waals surface area contributed by atoms with Crippen LogP contribution in [-0.4, -0.2) is 24.0 Å². The van der Waals surface area contributed by atoms with Crippen molar-refractivity contribution in [1.82, 2.24) is 16.2 Å². The van der Waals surface area contributed by atoms with Gasteiger partial charge < -0.3 is 10.1 Å². The topological polar surface area (TPSA) is 79.5 Å². The lowest BCUT2D eigenvalue weighted by Crippen LogP contribution is -2.48. The van der Waals surface area contributed by atoms with Crippen molar-refractivity contribution in [2.45, 2.75) is 6.42 Å². The molecule has 2 aromatic rings. The summed E-state index contributed by atoms with van der Waals surface area (Å²) < 4.78 is 5.96. The largest absolute Gasteiger partial charge is 0.496 e. The molecule has 0 radical (unpaired) electrons. The Labute approximate surface area is 164 Å². The van der Waals surface area contributed by atoms with Gasteiger partial charge in [0.05, 0.1) is 17.1 Å². The molecule has 8 heteroatoms. The Balaban J connectivity index is 1.82. The third-order valence-corrected chi connectivity index (χ3v) is 4.21. The van der Waals surface area contributed by atoms with Gasteiger partial charge in [0.2, 0.25) is 5.91 Å². The van der Waals surface area contributed by atoms with Crippen LogP contribution in [0.5, 0.6) is 5.75 Å². The van der Waals surface area contributed by atoms with Gasteiger partial charge in [-0.2, -0.15) is 0 Å². The van der Waals surface area contributed by atoms with E-state index in [0.717, 1.165) is 9.13 Å². The highest BCUT2D eigenvalue weighted by atomic mass is 127. The molecule has 6 nitrogen and oxygen atoms in total. The molecule has 0 bridgehead atoms. The zero-order valence-electron chi connectivity index (χ0n) is 13.3. The van der Waals surface area contributed by atoms with Gasteiger partial charge >= 0.3 is 0 Å². The summed E-state index contributed by atoms with van der Waals surface area (Å²) >= 11 is 7.08. The molecule has 2 amide bonds. The maximum atomic E-state index is 12.1. The number of hydrogen-bond donors (Lipinski definition) is 3. The van der Waals surface area contributed by atoms with Crippen LogP contribution in [0.4, 0.5) is 0 Å². The predicted octanol–water partition coefficient (Wildman–Crippen LogP) is 2.18. The molecule has 25 heavy (non-hydrogen) atoms. The highest BCUT2D eigenvalue weighted by molar-refractivity contribution is 14.1. The van der Waals surface area contributed by atoms with Crippen molar-refractivity contribution >= 4 is 51.7 Å². The van der Waals surface area contributed by atoms with Crippen LogP contribution >= 0.6 is 34.8 Å². The highest BCUT2D eigenvalue weighted by Crippen LogP contribution is 2.21. The van der Waals surface area contributed by atoms with Crippen molar-refractivity contribution in [3.05, 3.63) is 63.2 Å². The van der Waals surface area contributed by atoms with Crippen LogP contribution < -0.4 is 20.9 Å². The lowest BCUT2D eigenvalue weighted by molar-refractivity contribution is -0.119. The van der Waals surface area contributed by atoms with Crippen LogP contribution in [0.25, 0.3) is 0 Å². The first-order chi connectivity index (χ1) is 12.0. The third kappa shape index (κ3) is 5.98. The third-order valence-electron chi connectivity index (χ3n) is 3.16. The van der Waals surface area contributed by atoms with Crippen LogP contribution in [-0.2, 0) is 11.2 Å². The van der Waals surface area contributed by atoms with Crippen molar-refractivity contribution in [2.24, 2.45) is 0 Å². The Morgan fingerprint density at radius 3 is 2.48 bits per heavy atom. The van der Waals surface area contributed by atoms with Gasteiger partial charge in [0.25, 0.3) is 5.91 Å². The second kappa shape index (κ2) is 9.33. The van der Waals surface area contributed by atoms with Crippen molar-refractivity contribution in [2.75, 3.05) is 7.11 Å². The smallest absolute Gasteiger partial charge is 0.269 e. The van der Waals surface area contributed by atoms with E-state index in [1.54, 1.807) is 25.3 Å². The van der Waals surface area contributed by atoms with Gasteiger partial charge in [-0.05, 0) is 58.6 Å². The van der Waals surface area contributed by atoms with E-state index >= 15 is 0 Å². The Kier molecular flexibility index (Phi) is 7.14. The fraction of sp³-hybridized carbons (Fsp3) is 0.118. The van der Waals surface area contributed by atoms with Crippen molar-refractivity contribution < 1.29 is 14.3 Å². The number of rotatable bonds is 4. The van der Waals surface area contributed by atoms with Crippen LogP contribution in [0, 0.1) is 3.57 Å². The van der Waals surface area contributed by atoms with Gasteiger partial charge in [0, 0.05) is 5.56 Å². The van der Waals surface area contributed by atoms with E-state index in [2.05, 4.69) is 38.8 Å². The maximum absolute atomic E-state index is 12.1. The molecular weight excluding hydrogens is 453 g/mol. The first-order valence-corrected chi connectivity index (χ1v) is 8.76. The summed E-state index contributed by atoms with van der Waals surface area (Å²) in [6.07, 6.45) is 0.202. The standard InChI is InChI=1S/C17H16IN3O3S/c1-24-14-8-7-12(10-13(14)18)16(23)20-21-17(25)19-15(22)9-11-5-3-2-4-6-11/h2-8,10H,9H2,1H3,(H,20,23)(H2,19,21,22,25). The van der Waals surface area contributed by atoms with Gasteiger partial charge in [-0.1, -0.05) is 30.3 Å². The second-order valence-corrected chi connectivity index (χ2v) is 6.54. The highest BCUT2D eigenvalue weighted by Gasteiger charge is 2.10. The molecule has 3 N–H and O–H groups in total. The number of hydrogen-bond acceptors (Lipinski definition) is 4. The summed E-state index contributed by atoms with van der Waals surface area (Å²) in [6.45, 7) is 0. The summed E-state index contributed by atoms with van der Waals surface area (Å²) in [5, 5.41) is 2.54. The van der Waals surface area contributed by atoms with Crippen molar-refractivity contribution in [1.29, 1.82) is 0 Å². The predicted molar refractivity (Wildman–Crippen MR) is 107 cm³/mol. The molecule has 0 atom stereocenters. The van der Waals surface area contributed by atoms with Crippen LogP contribution in [0.2, 0.25) is 0 Å². The zero-order valence-corrected chi connectivity index (χ0v) is 16.3. The first kappa shape index (κ1) is 19.1. The van der Waals surface area contributed by atoms with E-state index < -0.39 is 0 Å². The number of ether oxygens (including phenoxy) is 1. The van der Waals surface area contributed by atoms with E-state index in [-0.39, 0.29) is 23.3 Å². The van der Waals surface area contributed by atoms with Crippen LogP contribution in [0.15, 0.2) is 48.5 Å². The Bertz CT molecular complexity index is 784. The van der Waals surface area contributed by atoms with Gasteiger partial charge in [0.15, 0.2) is 5.11 Å². The number of benzene rings is 2. The Morgan fingerprint density at radius 2 is 1.84 bits per heavy atom. The van der Waals surface area contributed by atoms with E-state index in [4.69, 9.17) is 17.0 Å². The van der Waals surface area contributed by atoms with Crippen LogP contribution in [0.3, 0.4) is 0 Å². The first-order valence-electron chi connectivity index (χ1n) is 7.27. The molecule has 0 spiro atoms. The molecule has 0 saturated carbocycles. The summed E-state index contributed by atoms with van der Waals surface area (Å²) in [5.74, 6) is 0.0472. The van der Waals surface area contributed by atoms with Gasteiger partial charge in [-0.25, -0.2) is 0 Å². The normalized spacial score (nSPS) is 9.84. The molecule has 2 aromatic carbocycles. The quantitative estimate of drug-likeness (QED) is 0.364. The van der Waals surface area contributed by atoms with E-state index in [1.807, 2.05) is 30.3 Å². The molecular formula is C17H16IN3O3S. The number of carbonyl (C=O) groups is 2. The monoisotopic (exact) mass is 469 g/mol. The molecule has 0 aliphatic rings.